The molecule has 1 aliphatic heterocycles. The van der Waals surface area contributed by atoms with Gasteiger partial charge in [0.05, 0.1) is 18.7 Å². The van der Waals surface area contributed by atoms with Gasteiger partial charge in [-0.25, -0.2) is 9.59 Å². The minimum Gasteiger partial charge on any atom is -0.463 e. The molecule has 22 heavy (non-hydrogen) atoms. The Hall–Kier alpha value is -2.08. The van der Waals surface area contributed by atoms with Crippen LogP contribution in [-0.4, -0.2) is 29.2 Å². The minimum absolute atomic E-state index is 0.314. The van der Waals surface area contributed by atoms with E-state index in [9.17, 15) is 9.59 Å². The quantitative estimate of drug-likeness (QED) is 0.813. The second kappa shape index (κ2) is 5.96. The summed E-state index contributed by atoms with van der Waals surface area (Å²) in [6.45, 7) is 4.90. The van der Waals surface area contributed by atoms with Crippen molar-refractivity contribution in [1.82, 2.24) is 4.57 Å². The van der Waals surface area contributed by atoms with E-state index in [1.807, 2.05) is 31.4 Å². The lowest BCUT2D eigenvalue weighted by molar-refractivity contribution is -0.145. The molecular weight excluding hydrogens is 302 g/mol. The molecule has 0 aromatic carbocycles. The third-order valence-corrected chi connectivity index (χ3v) is 4.69. The van der Waals surface area contributed by atoms with E-state index < -0.39 is 18.0 Å². The fourth-order valence-corrected chi connectivity index (χ4v) is 3.28. The first-order chi connectivity index (χ1) is 10.6. The standard InChI is InChI=1S/C16H17NO4S/c1-10-8-13(15(18)21-14-5-6-20-16(14)19)11(2)17(10)9-12-4-3-7-22-12/h3-4,7-8,14H,5-6,9H2,1-2H3/t14-/m1/s1. The van der Waals surface area contributed by atoms with Crippen LogP contribution in [0.5, 0.6) is 0 Å². The number of hydrogen-bond donors (Lipinski definition) is 0. The van der Waals surface area contributed by atoms with E-state index in [1.165, 1.54) is 4.88 Å². The van der Waals surface area contributed by atoms with Crippen LogP contribution in [0.4, 0.5) is 0 Å². The number of ether oxygens (including phenoxy) is 2. The minimum atomic E-state index is -0.771. The molecule has 3 rings (SSSR count). The van der Waals surface area contributed by atoms with Gasteiger partial charge in [-0.2, -0.15) is 0 Å². The molecule has 0 saturated carbocycles. The zero-order valence-electron chi connectivity index (χ0n) is 12.5. The Morgan fingerprint density at radius 3 is 2.95 bits per heavy atom. The summed E-state index contributed by atoms with van der Waals surface area (Å²) in [6.07, 6.45) is -0.341. The number of cyclic esters (lactones) is 1. The van der Waals surface area contributed by atoms with Gasteiger partial charge < -0.3 is 14.0 Å². The van der Waals surface area contributed by atoms with Gasteiger partial charge in [0.25, 0.3) is 0 Å². The van der Waals surface area contributed by atoms with E-state index in [-0.39, 0.29) is 0 Å². The summed E-state index contributed by atoms with van der Waals surface area (Å²) in [7, 11) is 0. The predicted molar refractivity (Wildman–Crippen MR) is 82.1 cm³/mol. The van der Waals surface area contributed by atoms with Crippen molar-refractivity contribution in [3.63, 3.8) is 0 Å². The molecule has 116 valence electrons. The number of nitrogens with zero attached hydrogens (tertiary/aromatic N) is 1. The number of thiophene rings is 1. The predicted octanol–water partition coefficient (Wildman–Crippen LogP) is 2.69. The first kappa shape index (κ1) is 14.8. The van der Waals surface area contributed by atoms with Crippen molar-refractivity contribution in [3.8, 4) is 0 Å². The second-order valence-electron chi connectivity index (χ2n) is 5.30. The number of aryl methyl sites for hydroxylation is 1. The highest BCUT2D eigenvalue weighted by Crippen LogP contribution is 2.21. The van der Waals surface area contributed by atoms with Crippen molar-refractivity contribution in [1.29, 1.82) is 0 Å². The van der Waals surface area contributed by atoms with Gasteiger partial charge in [0, 0.05) is 22.7 Å². The van der Waals surface area contributed by atoms with Gasteiger partial charge in [-0.3, -0.25) is 0 Å². The summed E-state index contributed by atoms with van der Waals surface area (Å²) in [6, 6.07) is 5.89. The summed E-state index contributed by atoms with van der Waals surface area (Å²) in [5.41, 5.74) is 2.35. The van der Waals surface area contributed by atoms with Crippen LogP contribution in [0.3, 0.4) is 0 Å². The molecule has 0 unspecified atom stereocenters. The Kier molecular flexibility index (Phi) is 4.02. The maximum Gasteiger partial charge on any atom is 0.347 e. The molecule has 1 atom stereocenters. The third kappa shape index (κ3) is 2.78. The van der Waals surface area contributed by atoms with Crippen LogP contribution >= 0.6 is 11.3 Å². The molecule has 6 heteroatoms. The summed E-state index contributed by atoms with van der Waals surface area (Å²) in [4.78, 5) is 24.9. The topological polar surface area (TPSA) is 57.5 Å². The lowest BCUT2D eigenvalue weighted by atomic mass is 10.2. The van der Waals surface area contributed by atoms with Crippen molar-refractivity contribution in [3.05, 3.63) is 45.4 Å². The first-order valence-electron chi connectivity index (χ1n) is 7.13. The van der Waals surface area contributed by atoms with E-state index >= 15 is 0 Å². The molecule has 2 aromatic rings. The molecule has 1 aliphatic rings. The average molecular weight is 319 g/mol. The summed E-state index contributed by atoms with van der Waals surface area (Å²) in [5, 5.41) is 2.03. The molecule has 5 nitrogen and oxygen atoms in total. The molecule has 3 heterocycles. The number of carbonyl (C=O) groups excluding carboxylic acids is 2. The van der Waals surface area contributed by atoms with Crippen molar-refractivity contribution < 1.29 is 19.1 Å². The maximum absolute atomic E-state index is 12.3. The van der Waals surface area contributed by atoms with Crippen LogP contribution in [-0.2, 0) is 20.8 Å². The Morgan fingerprint density at radius 2 is 2.32 bits per heavy atom. The highest BCUT2D eigenvalue weighted by Gasteiger charge is 2.31. The molecule has 0 amide bonds. The highest BCUT2D eigenvalue weighted by atomic mass is 32.1. The number of rotatable bonds is 4. The molecule has 0 radical (unpaired) electrons. The van der Waals surface area contributed by atoms with Gasteiger partial charge in [-0.15, -0.1) is 11.3 Å². The third-order valence-electron chi connectivity index (χ3n) is 3.82. The molecule has 2 aromatic heterocycles. The molecule has 1 saturated heterocycles. The monoisotopic (exact) mass is 319 g/mol. The molecular formula is C16H17NO4S. The van der Waals surface area contributed by atoms with Crippen molar-refractivity contribution in [2.75, 3.05) is 6.61 Å². The zero-order chi connectivity index (χ0) is 15.7. The normalized spacial score (nSPS) is 17.5. The number of hydrogen-bond acceptors (Lipinski definition) is 5. The molecule has 0 aliphatic carbocycles. The van der Waals surface area contributed by atoms with Gasteiger partial charge in [-0.1, -0.05) is 6.07 Å². The van der Waals surface area contributed by atoms with E-state index in [0.717, 1.165) is 17.9 Å². The van der Waals surface area contributed by atoms with Gasteiger partial charge in [0.2, 0.25) is 6.10 Å². The largest absolute Gasteiger partial charge is 0.463 e. The fraction of sp³-hybridized carbons (Fsp3) is 0.375. The Morgan fingerprint density at radius 1 is 1.50 bits per heavy atom. The van der Waals surface area contributed by atoms with Gasteiger partial charge >= 0.3 is 11.9 Å². The van der Waals surface area contributed by atoms with Crippen molar-refractivity contribution >= 4 is 23.3 Å². The van der Waals surface area contributed by atoms with Crippen LogP contribution < -0.4 is 0 Å². The van der Waals surface area contributed by atoms with Crippen LogP contribution in [0.2, 0.25) is 0 Å². The summed E-state index contributed by atoms with van der Waals surface area (Å²) in [5.74, 6) is -0.921. The smallest absolute Gasteiger partial charge is 0.347 e. The van der Waals surface area contributed by atoms with Crippen LogP contribution in [0.25, 0.3) is 0 Å². The molecule has 1 fully saturated rings. The number of aromatic nitrogens is 1. The molecule has 0 bridgehead atoms. The lowest BCUT2D eigenvalue weighted by Crippen LogP contribution is -2.23. The van der Waals surface area contributed by atoms with E-state index in [2.05, 4.69) is 10.6 Å². The van der Waals surface area contributed by atoms with Crippen molar-refractivity contribution in [2.24, 2.45) is 0 Å². The summed E-state index contributed by atoms with van der Waals surface area (Å²) < 4.78 is 12.2. The SMILES string of the molecule is Cc1cc(C(=O)O[C@@H]2CCOC2=O)c(C)n1Cc1cccs1. The number of esters is 2. The van der Waals surface area contributed by atoms with Gasteiger partial charge in [0.1, 0.15) is 0 Å². The molecule has 0 N–H and O–H groups in total. The van der Waals surface area contributed by atoms with E-state index in [1.54, 1.807) is 11.3 Å². The summed E-state index contributed by atoms with van der Waals surface area (Å²) >= 11 is 1.68. The van der Waals surface area contributed by atoms with Crippen LogP contribution in [0.15, 0.2) is 23.6 Å². The van der Waals surface area contributed by atoms with E-state index in [4.69, 9.17) is 9.47 Å². The number of carbonyl (C=O) groups is 2. The fourth-order valence-electron chi connectivity index (χ4n) is 2.59. The average Bonchev–Trinajstić information content (AvgIpc) is 3.18. The van der Waals surface area contributed by atoms with Gasteiger partial charge in [0.15, 0.2) is 0 Å². The highest BCUT2D eigenvalue weighted by molar-refractivity contribution is 7.09. The lowest BCUT2D eigenvalue weighted by Gasteiger charge is -2.10. The Bertz CT molecular complexity index is 702. The van der Waals surface area contributed by atoms with Gasteiger partial charge in [-0.05, 0) is 31.4 Å². The van der Waals surface area contributed by atoms with Crippen LogP contribution in [0, 0.1) is 13.8 Å². The second-order valence-corrected chi connectivity index (χ2v) is 6.33. The first-order valence-corrected chi connectivity index (χ1v) is 8.01. The Labute approximate surface area is 132 Å². The zero-order valence-corrected chi connectivity index (χ0v) is 13.3. The molecule has 0 spiro atoms. The van der Waals surface area contributed by atoms with E-state index in [0.29, 0.717) is 18.6 Å². The van der Waals surface area contributed by atoms with Crippen LogP contribution in [0.1, 0.15) is 33.0 Å². The Balaban J connectivity index is 1.79. The maximum atomic E-state index is 12.3. The van der Waals surface area contributed by atoms with Crippen molar-refractivity contribution in [2.45, 2.75) is 32.9 Å².